The molecule has 0 aromatic rings. The fraction of sp³-hybridized carbons (Fsp3) is 0.893. The molecule has 3 aliphatic heterocycles. The van der Waals surface area contributed by atoms with Gasteiger partial charge < -0.3 is 24.1 Å². The summed E-state index contributed by atoms with van der Waals surface area (Å²) in [5.74, 6) is -3.74. The summed E-state index contributed by atoms with van der Waals surface area (Å²) in [7, 11) is 0. The van der Waals surface area contributed by atoms with Crippen LogP contribution in [0, 0.1) is 22.7 Å². The molecule has 242 valence electrons. The molecule has 0 aromatic heterocycles. The van der Waals surface area contributed by atoms with Crippen LogP contribution < -0.4 is 0 Å². The maximum Gasteiger partial charge on any atom is 0.426 e. The van der Waals surface area contributed by atoms with Gasteiger partial charge in [-0.25, -0.2) is 0 Å². The Kier molecular flexibility index (Phi) is 9.65. The van der Waals surface area contributed by atoms with Crippen molar-refractivity contribution >= 4 is 17.9 Å². The van der Waals surface area contributed by atoms with Crippen LogP contribution in [0.1, 0.15) is 86.5 Å². The van der Waals surface area contributed by atoms with E-state index in [4.69, 9.17) is 18.9 Å². The molecular formula is C28H40F6O8. The maximum atomic E-state index is 13.1. The van der Waals surface area contributed by atoms with E-state index in [9.17, 15) is 45.8 Å². The van der Waals surface area contributed by atoms with Gasteiger partial charge in [-0.1, -0.05) is 20.3 Å². The largest absolute Gasteiger partial charge is 0.462 e. The van der Waals surface area contributed by atoms with Gasteiger partial charge in [-0.15, -0.1) is 0 Å². The number of carbonyl (C=O) groups excluding carboxylic acids is 3. The fourth-order valence-electron chi connectivity index (χ4n) is 5.55. The number of aliphatic hydroxyl groups is 1. The van der Waals surface area contributed by atoms with Gasteiger partial charge in [-0.05, 0) is 66.2 Å². The molecule has 1 saturated carbocycles. The molecule has 42 heavy (non-hydrogen) atoms. The zero-order chi connectivity index (χ0) is 32.1. The van der Waals surface area contributed by atoms with Gasteiger partial charge in [0.2, 0.25) is 0 Å². The number of alkyl halides is 6. The van der Waals surface area contributed by atoms with Crippen molar-refractivity contribution in [1.82, 2.24) is 0 Å². The number of rotatable bonds is 7. The molecular weight excluding hydrogens is 578 g/mol. The Bertz CT molecular complexity index is 1010. The minimum Gasteiger partial charge on any atom is -0.462 e. The molecule has 1 N–H and O–H groups in total. The molecule has 14 heteroatoms. The van der Waals surface area contributed by atoms with Crippen LogP contribution in [0.3, 0.4) is 0 Å². The zero-order valence-electron chi connectivity index (χ0n) is 24.6. The Hall–Kier alpha value is -2.09. The van der Waals surface area contributed by atoms with E-state index in [2.05, 4.69) is 0 Å². The second kappa shape index (κ2) is 11.8. The summed E-state index contributed by atoms with van der Waals surface area (Å²) in [5, 5.41) is 9.61. The number of hydrogen-bond donors (Lipinski definition) is 1. The standard InChI is InChI=1S/C15H22F6O3.C13H18O5/c1-4-12(2,3)11(22)24-10-8-6-5-7-9(10)13(23,14(16,17)18)15(19,20)21;1-4-13(2,3)12(15)18-9-7-5-6-8(16-7)10(9)17-11(6)14/h9-10,23H,4-8H2,1-3H3;6-10H,4-5H2,1-3H3. The van der Waals surface area contributed by atoms with E-state index in [1.54, 1.807) is 6.92 Å². The van der Waals surface area contributed by atoms with Crippen LogP contribution in [-0.4, -0.2) is 71.5 Å². The van der Waals surface area contributed by atoms with Crippen molar-refractivity contribution < 1.29 is 64.8 Å². The van der Waals surface area contributed by atoms with Crippen LogP contribution in [0.15, 0.2) is 0 Å². The first kappa shape index (κ1) is 34.4. The third-order valence-corrected chi connectivity index (χ3v) is 9.26. The highest BCUT2D eigenvalue weighted by Gasteiger charge is 2.75. The molecule has 8 nitrogen and oxygen atoms in total. The number of halogens is 6. The summed E-state index contributed by atoms with van der Waals surface area (Å²) in [5.41, 5.74) is -6.44. The number of fused-ring (bicyclic) bond motifs is 1. The van der Waals surface area contributed by atoms with Crippen molar-refractivity contribution in [3.8, 4) is 0 Å². The minimum atomic E-state index is -5.92. The van der Waals surface area contributed by atoms with E-state index in [-0.39, 0.29) is 42.9 Å². The molecule has 0 aromatic carbocycles. The first-order valence-corrected chi connectivity index (χ1v) is 14.3. The van der Waals surface area contributed by atoms with E-state index in [1.165, 1.54) is 13.8 Å². The Labute approximate surface area is 240 Å². The molecule has 3 saturated heterocycles. The molecule has 2 bridgehead atoms. The first-order chi connectivity index (χ1) is 19.1. The third-order valence-electron chi connectivity index (χ3n) is 9.26. The van der Waals surface area contributed by atoms with Crippen molar-refractivity contribution in [3.63, 3.8) is 0 Å². The second-order valence-electron chi connectivity index (χ2n) is 12.8. The predicted molar refractivity (Wildman–Crippen MR) is 134 cm³/mol. The summed E-state index contributed by atoms with van der Waals surface area (Å²) >= 11 is 0. The van der Waals surface area contributed by atoms with Gasteiger partial charge in [0.15, 0.2) is 12.2 Å². The van der Waals surface area contributed by atoms with E-state index in [0.717, 1.165) is 0 Å². The normalized spacial score (nSPS) is 31.3. The van der Waals surface area contributed by atoms with Crippen molar-refractivity contribution in [2.75, 3.05) is 0 Å². The summed E-state index contributed by atoms with van der Waals surface area (Å²) in [6.07, 6.45) is -13.3. The number of ether oxygens (including phenoxy) is 4. The number of carbonyl (C=O) groups is 3. The Morgan fingerprint density at radius 3 is 1.86 bits per heavy atom. The molecule has 7 atom stereocenters. The first-order valence-electron chi connectivity index (χ1n) is 14.3. The number of esters is 3. The highest BCUT2D eigenvalue weighted by molar-refractivity contribution is 5.79. The van der Waals surface area contributed by atoms with Gasteiger partial charge in [0.05, 0.1) is 22.9 Å². The lowest BCUT2D eigenvalue weighted by molar-refractivity contribution is -0.393. The summed E-state index contributed by atoms with van der Waals surface area (Å²) in [6.45, 7) is 10.3. The molecule has 3 heterocycles. The highest BCUT2D eigenvalue weighted by Crippen LogP contribution is 2.52. The molecule has 0 radical (unpaired) electrons. The topological polar surface area (TPSA) is 108 Å². The number of hydrogen-bond acceptors (Lipinski definition) is 8. The average molecular weight is 619 g/mol. The maximum absolute atomic E-state index is 13.1. The van der Waals surface area contributed by atoms with E-state index >= 15 is 0 Å². The van der Waals surface area contributed by atoms with Crippen LogP contribution in [-0.2, 0) is 33.3 Å². The summed E-state index contributed by atoms with van der Waals surface area (Å²) < 4.78 is 100.0. The van der Waals surface area contributed by atoms with Crippen molar-refractivity contribution in [2.45, 2.75) is 135 Å². The van der Waals surface area contributed by atoms with Gasteiger partial charge in [0, 0.05) is 5.92 Å². The Balaban J connectivity index is 0.000000238. The third kappa shape index (κ3) is 6.25. The SMILES string of the molecule is CCC(C)(C)C(=O)OC1C2CC3C(=O)OC1C3O2.CCC(C)(C)C(=O)OC1CCCCC1C(O)(C(F)(F)F)C(F)(F)F. The van der Waals surface area contributed by atoms with Gasteiger partial charge in [-0.3, -0.25) is 14.4 Å². The lowest BCUT2D eigenvalue weighted by atomic mass is 9.73. The predicted octanol–water partition coefficient (Wildman–Crippen LogP) is 5.43. The zero-order valence-corrected chi connectivity index (χ0v) is 24.6. The van der Waals surface area contributed by atoms with Crippen molar-refractivity contribution in [3.05, 3.63) is 0 Å². The lowest BCUT2D eigenvalue weighted by Crippen LogP contribution is -2.65. The van der Waals surface area contributed by atoms with Gasteiger partial charge in [-0.2, -0.15) is 26.3 Å². The second-order valence-corrected chi connectivity index (χ2v) is 12.8. The smallest absolute Gasteiger partial charge is 0.426 e. The van der Waals surface area contributed by atoms with Gasteiger partial charge in [0.25, 0.3) is 5.60 Å². The molecule has 0 amide bonds. The van der Waals surface area contributed by atoms with Gasteiger partial charge >= 0.3 is 30.3 Å². The van der Waals surface area contributed by atoms with E-state index < -0.39 is 65.4 Å². The monoisotopic (exact) mass is 618 g/mol. The molecule has 4 aliphatic rings. The Morgan fingerprint density at radius 1 is 0.857 bits per heavy atom. The van der Waals surface area contributed by atoms with E-state index in [1.807, 2.05) is 20.8 Å². The molecule has 7 unspecified atom stereocenters. The van der Waals surface area contributed by atoms with Crippen LogP contribution in [0.25, 0.3) is 0 Å². The molecule has 1 aliphatic carbocycles. The van der Waals surface area contributed by atoms with Crippen LogP contribution in [0.5, 0.6) is 0 Å². The highest BCUT2D eigenvalue weighted by atomic mass is 19.4. The van der Waals surface area contributed by atoms with Crippen LogP contribution >= 0.6 is 0 Å². The fourth-order valence-corrected chi connectivity index (χ4v) is 5.55. The summed E-state index contributed by atoms with van der Waals surface area (Å²) in [6, 6.07) is 0. The van der Waals surface area contributed by atoms with E-state index in [0.29, 0.717) is 25.7 Å². The molecule has 4 rings (SSSR count). The molecule has 0 spiro atoms. The molecule has 4 fully saturated rings. The van der Waals surface area contributed by atoms with Crippen molar-refractivity contribution in [2.24, 2.45) is 22.7 Å². The van der Waals surface area contributed by atoms with Gasteiger partial charge in [0.1, 0.15) is 12.2 Å². The van der Waals surface area contributed by atoms with Crippen molar-refractivity contribution in [1.29, 1.82) is 0 Å². The van der Waals surface area contributed by atoms with Crippen LogP contribution in [0.2, 0.25) is 0 Å². The lowest BCUT2D eigenvalue weighted by Gasteiger charge is -2.44. The quantitative estimate of drug-likeness (QED) is 0.229. The summed E-state index contributed by atoms with van der Waals surface area (Å²) in [4.78, 5) is 35.7. The van der Waals surface area contributed by atoms with Crippen LogP contribution in [0.4, 0.5) is 26.3 Å². The Morgan fingerprint density at radius 2 is 1.36 bits per heavy atom. The minimum absolute atomic E-state index is 0.0877. The average Bonchev–Trinajstić information content (AvgIpc) is 3.53.